The molecule has 0 unspecified atom stereocenters. The summed E-state index contributed by atoms with van der Waals surface area (Å²) >= 11 is 0. The summed E-state index contributed by atoms with van der Waals surface area (Å²) in [6.07, 6.45) is 0. The molecule has 1 heterocycles. The van der Waals surface area contributed by atoms with Gasteiger partial charge in [0.2, 0.25) is 9.84 Å². The van der Waals surface area contributed by atoms with Crippen molar-refractivity contribution in [1.29, 1.82) is 0 Å². The number of sulfone groups is 1. The lowest BCUT2D eigenvalue weighted by Gasteiger charge is -1.99. The summed E-state index contributed by atoms with van der Waals surface area (Å²) < 4.78 is 22.4. The molecular formula is C8H10N2O3S. The molecule has 0 amide bonds. The van der Waals surface area contributed by atoms with Crippen LogP contribution in [-0.4, -0.2) is 24.3 Å². The lowest BCUT2D eigenvalue weighted by atomic mass is 10.4. The molecule has 0 aliphatic rings. The highest BCUT2D eigenvalue weighted by atomic mass is 32.2. The molecular weight excluding hydrogens is 204 g/mol. The molecule has 76 valence electrons. The fraction of sp³-hybridized carbons (Fsp3) is 0.250. The molecule has 0 atom stereocenters. The first kappa shape index (κ1) is 10.6. The Labute approximate surface area is 81.9 Å². The minimum atomic E-state index is -3.72. The standard InChI is InChI=1S/C8H10N2O3S/c1-2-14(12,13)8(11)6-4-3-5-7(9)10-6/h3-5H,2H2,1H3,(H2,9,10). The van der Waals surface area contributed by atoms with Crippen LogP contribution in [0.25, 0.3) is 0 Å². The number of nitrogens with zero attached hydrogens (tertiary/aromatic N) is 1. The van der Waals surface area contributed by atoms with Crippen molar-refractivity contribution in [2.75, 3.05) is 11.5 Å². The van der Waals surface area contributed by atoms with Crippen molar-refractivity contribution >= 4 is 20.8 Å². The molecule has 0 saturated carbocycles. The van der Waals surface area contributed by atoms with Crippen LogP contribution in [0.2, 0.25) is 0 Å². The van der Waals surface area contributed by atoms with Gasteiger partial charge >= 0.3 is 0 Å². The summed E-state index contributed by atoms with van der Waals surface area (Å²) in [5.74, 6) is -0.107. The zero-order chi connectivity index (χ0) is 10.8. The summed E-state index contributed by atoms with van der Waals surface area (Å²) in [5.41, 5.74) is 5.19. The highest BCUT2D eigenvalue weighted by Gasteiger charge is 2.22. The van der Waals surface area contributed by atoms with Crippen molar-refractivity contribution in [3.05, 3.63) is 23.9 Å². The van der Waals surface area contributed by atoms with Crippen molar-refractivity contribution in [2.45, 2.75) is 6.92 Å². The summed E-state index contributed by atoms with van der Waals surface area (Å²) in [6, 6.07) is 4.29. The van der Waals surface area contributed by atoms with Gasteiger partial charge in [-0.25, -0.2) is 13.4 Å². The smallest absolute Gasteiger partial charge is 0.294 e. The van der Waals surface area contributed by atoms with Crippen LogP contribution in [-0.2, 0) is 9.84 Å². The van der Waals surface area contributed by atoms with Crippen LogP contribution in [0, 0.1) is 0 Å². The average molecular weight is 214 g/mol. The van der Waals surface area contributed by atoms with Crippen molar-refractivity contribution in [1.82, 2.24) is 4.98 Å². The van der Waals surface area contributed by atoms with Crippen LogP contribution >= 0.6 is 0 Å². The molecule has 6 heteroatoms. The van der Waals surface area contributed by atoms with Gasteiger partial charge in [-0.15, -0.1) is 0 Å². The van der Waals surface area contributed by atoms with E-state index in [-0.39, 0.29) is 17.3 Å². The molecule has 0 aliphatic heterocycles. The molecule has 0 bridgehead atoms. The molecule has 5 nitrogen and oxygen atoms in total. The van der Waals surface area contributed by atoms with E-state index in [0.29, 0.717) is 0 Å². The Bertz CT molecular complexity index is 453. The van der Waals surface area contributed by atoms with Crippen LogP contribution in [0.15, 0.2) is 18.2 Å². The van der Waals surface area contributed by atoms with Gasteiger partial charge < -0.3 is 5.73 Å². The van der Waals surface area contributed by atoms with E-state index >= 15 is 0 Å². The molecule has 0 aromatic carbocycles. The van der Waals surface area contributed by atoms with Gasteiger partial charge in [0.05, 0.1) is 5.75 Å². The molecule has 0 spiro atoms. The van der Waals surface area contributed by atoms with Crippen LogP contribution in [0.5, 0.6) is 0 Å². The molecule has 1 rings (SSSR count). The topological polar surface area (TPSA) is 90.1 Å². The summed E-state index contributed by atoms with van der Waals surface area (Å²) in [7, 11) is -3.72. The van der Waals surface area contributed by atoms with Crippen LogP contribution in [0.1, 0.15) is 17.4 Å². The number of pyridine rings is 1. The molecule has 0 radical (unpaired) electrons. The summed E-state index contributed by atoms with van der Waals surface area (Å²) in [5, 5.41) is -0.979. The number of hydrogen-bond acceptors (Lipinski definition) is 5. The third-order valence-electron chi connectivity index (χ3n) is 1.64. The minimum Gasteiger partial charge on any atom is -0.384 e. The van der Waals surface area contributed by atoms with Crippen molar-refractivity contribution in [3.63, 3.8) is 0 Å². The van der Waals surface area contributed by atoms with E-state index in [2.05, 4.69) is 4.98 Å². The third-order valence-corrected chi connectivity index (χ3v) is 3.18. The number of aromatic nitrogens is 1. The number of carbonyl (C=O) groups is 1. The Hall–Kier alpha value is -1.43. The van der Waals surface area contributed by atoms with Gasteiger partial charge in [-0.1, -0.05) is 13.0 Å². The zero-order valence-electron chi connectivity index (χ0n) is 7.60. The van der Waals surface area contributed by atoms with Gasteiger partial charge in [0.1, 0.15) is 11.5 Å². The summed E-state index contributed by atoms with van der Waals surface area (Å²) in [6.45, 7) is 1.40. The van der Waals surface area contributed by atoms with E-state index in [9.17, 15) is 13.2 Å². The number of nitrogens with two attached hydrogens (primary N) is 1. The van der Waals surface area contributed by atoms with Gasteiger partial charge in [0.15, 0.2) is 0 Å². The normalized spacial score (nSPS) is 11.2. The van der Waals surface area contributed by atoms with E-state index in [1.165, 1.54) is 25.1 Å². The lowest BCUT2D eigenvalue weighted by Crippen LogP contribution is -2.18. The molecule has 1 aromatic heterocycles. The SMILES string of the molecule is CCS(=O)(=O)C(=O)c1cccc(N)n1. The fourth-order valence-corrected chi connectivity index (χ4v) is 1.55. The summed E-state index contributed by atoms with van der Waals surface area (Å²) in [4.78, 5) is 15.0. The van der Waals surface area contributed by atoms with E-state index < -0.39 is 15.0 Å². The predicted octanol–water partition coefficient (Wildman–Crippen LogP) is 0.239. The Kier molecular flexibility index (Phi) is 2.85. The van der Waals surface area contributed by atoms with Crippen LogP contribution < -0.4 is 5.73 Å². The van der Waals surface area contributed by atoms with E-state index in [1.54, 1.807) is 0 Å². The number of nitrogen functional groups attached to an aromatic ring is 1. The highest BCUT2D eigenvalue weighted by molar-refractivity contribution is 8.06. The van der Waals surface area contributed by atoms with E-state index in [0.717, 1.165) is 0 Å². The third kappa shape index (κ3) is 2.08. The van der Waals surface area contributed by atoms with Crippen molar-refractivity contribution < 1.29 is 13.2 Å². The van der Waals surface area contributed by atoms with E-state index in [1.807, 2.05) is 0 Å². The van der Waals surface area contributed by atoms with Gasteiger partial charge in [0, 0.05) is 0 Å². The Morgan fingerprint density at radius 2 is 2.14 bits per heavy atom. The van der Waals surface area contributed by atoms with Crippen molar-refractivity contribution in [3.8, 4) is 0 Å². The molecule has 14 heavy (non-hydrogen) atoms. The maximum absolute atomic E-state index is 11.3. The number of rotatable bonds is 2. The zero-order valence-corrected chi connectivity index (χ0v) is 8.41. The maximum atomic E-state index is 11.3. The molecule has 0 fully saturated rings. The minimum absolute atomic E-state index is 0.127. The Morgan fingerprint density at radius 1 is 1.50 bits per heavy atom. The van der Waals surface area contributed by atoms with E-state index in [4.69, 9.17) is 5.73 Å². The number of carbonyl (C=O) groups excluding carboxylic acids is 1. The predicted molar refractivity (Wildman–Crippen MR) is 52.4 cm³/mol. The van der Waals surface area contributed by atoms with Crippen LogP contribution in [0.4, 0.5) is 5.82 Å². The van der Waals surface area contributed by atoms with Crippen molar-refractivity contribution in [2.24, 2.45) is 0 Å². The maximum Gasteiger partial charge on any atom is 0.294 e. The largest absolute Gasteiger partial charge is 0.384 e. The second-order valence-corrected chi connectivity index (χ2v) is 4.82. The fourth-order valence-electron chi connectivity index (χ4n) is 0.856. The second kappa shape index (κ2) is 3.75. The first-order chi connectivity index (χ1) is 6.47. The number of anilines is 1. The quantitative estimate of drug-likeness (QED) is 0.761. The monoisotopic (exact) mass is 214 g/mol. The lowest BCUT2D eigenvalue weighted by molar-refractivity contribution is 0.107. The van der Waals surface area contributed by atoms with Gasteiger partial charge in [-0.05, 0) is 12.1 Å². The first-order valence-corrected chi connectivity index (χ1v) is 5.62. The second-order valence-electron chi connectivity index (χ2n) is 2.64. The Balaban J connectivity index is 3.14. The molecule has 1 aromatic rings. The van der Waals surface area contributed by atoms with Gasteiger partial charge in [-0.3, -0.25) is 4.79 Å². The average Bonchev–Trinajstić information content (AvgIpc) is 2.16. The molecule has 0 aliphatic carbocycles. The molecule has 0 saturated heterocycles. The van der Waals surface area contributed by atoms with Gasteiger partial charge in [-0.2, -0.15) is 0 Å². The first-order valence-electron chi connectivity index (χ1n) is 3.97. The number of hydrogen-bond donors (Lipinski definition) is 1. The van der Waals surface area contributed by atoms with Crippen LogP contribution in [0.3, 0.4) is 0 Å². The Morgan fingerprint density at radius 3 is 2.64 bits per heavy atom. The molecule has 2 N–H and O–H groups in total. The van der Waals surface area contributed by atoms with Gasteiger partial charge in [0.25, 0.3) is 5.12 Å². The highest BCUT2D eigenvalue weighted by Crippen LogP contribution is 2.06.